The Morgan fingerprint density at radius 3 is 2.35 bits per heavy atom. The molecule has 190 valence electrons. The van der Waals surface area contributed by atoms with Crippen LogP contribution in [0.1, 0.15) is 84.5 Å². The smallest absolute Gasteiger partial charge is 0.235 e. The molecule has 0 spiro atoms. The summed E-state index contributed by atoms with van der Waals surface area (Å²) in [5.41, 5.74) is -0.478. The van der Waals surface area contributed by atoms with E-state index >= 15 is 4.39 Å². The molecule has 1 aromatic carbocycles. The lowest BCUT2D eigenvalue weighted by molar-refractivity contribution is -0.144. The lowest BCUT2D eigenvalue weighted by atomic mass is 9.44. The summed E-state index contributed by atoms with van der Waals surface area (Å²) in [7, 11) is 0. The first-order valence-electron chi connectivity index (χ1n) is 13.5. The zero-order valence-electron chi connectivity index (χ0n) is 20.6. The van der Waals surface area contributed by atoms with Crippen molar-refractivity contribution in [3.8, 4) is 0 Å². The van der Waals surface area contributed by atoms with Crippen LogP contribution in [0.4, 0.5) is 17.6 Å². The van der Waals surface area contributed by atoms with Crippen LogP contribution in [0.5, 0.6) is 0 Å². The van der Waals surface area contributed by atoms with Crippen LogP contribution >= 0.6 is 11.8 Å². The molecule has 0 saturated heterocycles. The first-order chi connectivity index (χ1) is 16.1. The Labute approximate surface area is 207 Å². The summed E-state index contributed by atoms with van der Waals surface area (Å²) < 4.78 is 54.1. The van der Waals surface area contributed by atoms with E-state index in [2.05, 4.69) is 13.8 Å². The summed E-state index contributed by atoms with van der Waals surface area (Å²) in [6.45, 7) is 4.81. The van der Waals surface area contributed by atoms with E-state index in [0.29, 0.717) is 30.1 Å². The van der Waals surface area contributed by atoms with Crippen LogP contribution < -0.4 is 0 Å². The van der Waals surface area contributed by atoms with E-state index in [-0.39, 0.29) is 22.7 Å². The van der Waals surface area contributed by atoms with Gasteiger partial charge in [0.15, 0.2) is 5.50 Å². The average Bonchev–Trinajstić information content (AvgIpc) is 3.13. The van der Waals surface area contributed by atoms with Crippen molar-refractivity contribution < 1.29 is 17.6 Å². The normalized spacial score (nSPS) is 43.0. The highest BCUT2D eigenvalue weighted by Gasteiger charge is 2.60. The van der Waals surface area contributed by atoms with Gasteiger partial charge in [-0.05, 0) is 117 Å². The van der Waals surface area contributed by atoms with Gasteiger partial charge in [-0.2, -0.15) is 13.2 Å². The number of hydrogen-bond donors (Lipinski definition) is 0. The Morgan fingerprint density at radius 1 is 0.912 bits per heavy atom. The molecule has 7 unspecified atom stereocenters. The summed E-state index contributed by atoms with van der Waals surface area (Å²) in [4.78, 5) is 1.01. The molecule has 0 nitrogen and oxygen atoms in total. The van der Waals surface area contributed by atoms with Gasteiger partial charge >= 0.3 is 6.18 Å². The molecule has 0 bridgehead atoms. The molecule has 9 atom stereocenters. The molecule has 5 heteroatoms. The summed E-state index contributed by atoms with van der Waals surface area (Å²) in [6, 6.07) is 9.92. The third kappa shape index (κ3) is 4.57. The average molecular weight is 497 g/mol. The number of halogens is 4. The highest BCUT2D eigenvalue weighted by atomic mass is 32.2. The van der Waals surface area contributed by atoms with Crippen LogP contribution in [0, 0.1) is 46.3 Å². The fourth-order valence-electron chi connectivity index (χ4n) is 9.18. The second kappa shape index (κ2) is 9.30. The molecule has 4 aliphatic carbocycles. The molecule has 1 aromatic rings. The van der Waals surface area contributed by atoms with Gasteiger partial charge in [0.05, 0.1) is 0 Å². The summed E-state index contributed by atoms with van der Waals surface area (Å²) in [5.74, 6) is 2.87. The fraction of sp³-hybridized carbons (Fsp3) is 0.793. The Bertz CT molecular complexity index is 840. The monoisotopic (exact) mass is 496 g/mol. The Balaban J connectivity index is 1.24. The van der Waals surface area contributed by atoms with Crippen LogP contribution in [0.15, 0.2) is 35.2 Å². The predicted molar refractivity (Wildman–Crippen MR) is 131 cm³/mol. The molecular weight excluding hydrogens is 456 g/mol. The van der Waals surface area contributed by atoms with Crippen LogP contribution in [-0.2, 0) is 0 Å². The lowest BCUT2D eigenvalue weighted by Gasteiger charge is -2.61. The van der Waals surface area contributed by atoms with Gasteiger partial charge in [-0.15, -0.1) is 0 Å². The number of rotatable bonds is 5. The van der Waals surface area contributed by atoms with Crippen LogP contribution in [0.3, 0.4) is 0 Å². The molecule has 34 heavy (non-hydrogen) atoms. The van der Waals surface area contributed by atoms with Crippen molar-refractivity contribution in [2.45, 2.75) is 101 Å². The Kier molecular flexibility index (Phi) is 6.83. The first-order valence-corrected chi connectivity index (χ1v) is 14.4. The van der Waals surface area contributed by atoms with Crippen LogP contribution in [0.2, 0.25) is 0 Å². The van der Waals surface area contributed by atoms with Gasteiger partial charge in [0.25, 0.3) is 0 Å². The Hall–Kier alpha value is -0.710. The van der Waals surface area contributed by atoms with E-state index in [1.54, 1.807) is 0 Å². The molecule has 0 radical (unpaired) electrons. The van der Waals surface area contributed by atoms with Crippen molar-refractivity contribution in [1.82, 2.24) is 0 Å². The van der Waals surface area contributed by atoms with Gasteiger partial charge in [0.1, 0.15) is 0 Å². The van der Waals surface area contributed by atoms with E-state index < -0.39 is 18.1 Å². The maximum atomic E-state index is 15.3. The van der Waals surface area contributed by atoms with Crippen molar-refractivity contribution in [3.05, 3.63) is 30.3 Å². The number of hydrogen-bond acceptors (Lipinski definition) is 1. The third-order valence-corrected chi connectivity index (χ3v) is 12.2. The van der Waals surface area contributed by atoms with Crippen molar-refractivity contribution in [3.63, 3.8) is 0 Å². The van der Waals surface area contributed by atoms with Gasteiger partial charge in [-0.1, -0.05) is 43.8 Å². The van der Waals surface area contributed by atoms with Gasteiger partial charge < -0.3 is 0 Å². The number of alkyl halides is 4. The largest absolute Gasteiger partial charge is 0.389 e. The van der Waals surface area contributed by atoms with Crippen molar-refractivity contribution in [2.24, 2.45) is 46.3 Å². The van der Waals surface area contributed by atoms with E-state index in [4.69, 9.17) is 0 Å². The van der Waals surface area contributed by atoms with E-state index in [0.717, 1.165) is 49.8 Å². The maximum absolute atomic E-state index is 15.3. The summed E-state index contributed by atoms with van der Waals surface area (Å²) in [6.07, 6.45) is 5.44. The van der Waals surface area contributed by atoms with Crippen molar-refractivity contribution in [2.75, 3.05) is 0 Å². The fourth-order valence-corrected chi connectivity index (χ4v) is 10.2. The van der Waals surface area contributed by atoms with Crippen molar-refractivity contribution in [1.29, 1.82) is 0 Å². The van der Waals surface area contributed by atoms with Gasteiger partial charge in [0, 0.05) is 17.2 Å². The van der Waals surface area contributed by atoms with Crippen LogP contribution in [-0.4, -0.2) is 11.7 Å². The quantitative estimate of drug-likeness (QED) is 0.289. The molecule has 5 rings (SSSR count). The molecule has 0 amide bonds. The minimum absolute atomic E-state index is 0.0865. The molecule has 4 saturated carbocycles. The highest BCUT2D eigenvalue weighted by molar-refractivity contribution is 7.99. The molecule has 0 N–H and O–H groups in total. The van der Waals surface area contributed by atoms with E-state index in [1.807, 2.05) is 30.3 Å². The molecule has 0 aliphatic heterocycles. The van der Waals surface area contributed by atoms with Gasteiger partial charge in [0.2, 0.25) is 0 Å². The maximum Gasteiger partial charge on any atom is 0.389 e. The zero-order chi connectivity index (χ0) is 24.1. The SMILES string of the molecule is CC12CCC(C(F)Sc3ccccc3)C[C@H]1CCC1C2CC[C@]2(C)C(CCC(F)(F)F)CCC12. The number of thioether (sulfide) groups is 1. The highest BCUT2D eigenvalue weighted by Crippen LogP contribution is 2.68. The van der Waals surface area contributed by atoms with Crippen molar-refractivity contribution >= 4 is 11.8 Å². The minimum Gasteiger partial charge on any atom is -0.235 e. The number of benzene rings is 1. The second-order valence-corrected chi connectivity index (χ2v) is 13.6. The summed E-state index contributed by atoms with van der Waals surface area (Å²) in [5, 5.41) is 0. The Morgan fingerprint density at radius 2 is 1.62 bits per heavy atom. The lowest BCUT2D eigenvalue weighted by Crippen LogP contribution is -2.53. The molecule has 4 aliphatic rings. The van der Waals surface area contributed by atoms with E-state index in [1.165, 1.54) is 24.6 Å². The van der Waals surface area contributed by atoms with E-state index in [9.17, 15) is 13.2 Å². The topological polar surface area (TPSA) is 0 Å². The van der Waals surface area contributed by atoms with Gasteiger partial charge in [-0.25, -0.2) is 4.39 Å². The standard InChI is InChI=1S/C29H40F4S/c1-27-16-14-25-23(24(27)11-9-20(27)13-17-29(31,32)33)10-8-21-18-19(12-15-28(21,25)2)26(30)34-22-6-4-3-5-7-22/h3-7,19-21,23-26H,8-18H2,1-2H3/t19?,20?,21-,23?,24?,25?,26?,27-,28?/m1/s1. The third-order valence-electron chi connectivity index (χ3n) is 11.0. The zero-order valence-corrected chi connectivity index (χ0v) is 21.4. The molecular formula is C29H40F4S. The second-order valence-electron chi connectivity index (χ2n) is 12.4. The molecule has 0 aromatic heterocycles. The minimum atomic E-state index is -4.04. The molecule has 0 heterocycles. The molecule has 4 fully saturated rings. The summed E-state index contributed by atoms with van der Waals surface area (Å²) >= 11 is 1.38. The number of fused-ring (bicyclic) bond motifs is 5. The van der Waals surface area contributed by atoms with Gasteiger partial charge in [-0.3, -0.25) is 0 Å². The first kappa shape index (κ1) is 25.0. The van der Waals surface area contributed by atoms with Crippen LogP contribution in [0.25, 0.3) is 0 Å². The predicted octanol–water partition coefficient (Wildman–Crippen LogP) is 9.69.